The summed E-state index contributed by atoms with van der Waals surface area (Å²) in [6.07, 6.45) is 0. The van der Waals surface area contributed by atoms with Gasteiger partial charge in [-0.1, -0.05) is 42.5 Å². The molecule has 3 aromatic carbocycles. The number of nitrogens with zero attached hydrogens (tertiary/aromatic N) is 2. The third kappa shape index (κ3) is 3.53. The van der Waals surface area contributed by atoms with Crippen LogP contribution < -0.4 is 4.74 Å². The number of methoxy groups -OCH3 is 1. The molecule has 0 saturated carbocycles. The van der Waals surface area contributed by atoms with Crippen molar-refractivity contribution in [2.45, 2.75) is 19.5 Å². The predicted octanol–water partition coefficient (Wildman–Crippen LogP) is 4.95. The summed E-state index contributed by atoms with van der Waals surface area (Å²) in [5, 5.41) is 13.4. The number of benzene rings is 3. The summed E-state index contributed by atoms with van der Waals surface area (Å²) in [7, 11) is 3.59. The molecule has 0 radical (unpaired) electrons. The molecular weight excluding hydrogens is 328 g/mol. The number of ether oxygens (including phenoxy) is 1. The predicted molar refractivity (Wildman–Crippen MR) is 103 cm³/mol. The summed E-state index contributed by atoms with van der Waals surface area (Å²) in [4.78, 5) is 12.8. The Hall–Kier alpha value is -2.92. The van der Waals surface area contributed by atoms with E-state index in [4.69, 9.17) is 4.74 Å². The first-order chi connectivity index (χ1) is 12.5. The topological polar surface area (TPSA) is 55.6 Å². The number of rotatable bonds is 6. The molecule has 0 aliphatic heterocycles. The van der Waals surface area contributed by atoms with Crippen LogP contribution in [-0.2, 0) is 6.54 Å². The van der Waals surface area contributed by atoms with Crippen LogP contribution in [0.25, 0.3) is 10.8 Å². The van der Waals surface area contributed by atoms with E-state index < -0.39 is 4.92 Å². The lowest BCUT2D eigenvalue weighted by molar-refractivity contribution is -0.384. The van der Waals surface area contributed by atoms with Gasteiger partial charge in [0, 0.05) is 24.2 Å². The zero-order chi connectivity index (χ0) is 18.7. The smallest absolute Gasteiger partial charge is 0.273 e. The molecule has 5 nitrogen and oxygen atoms in total. The van der Waals surface area contributed by atoms with Crippen molar-refractivity contribution in [2.24, 2.45) is 0 Å². The average molecular weight is 350 g/mol. The maximum Gasteiger partial charge on any atom is 0.273 e. The summed E-state index contributed by atoms with van der Waals surface area (Å²) in [6.45, 7) is 2.80. The van der Waals surface area contributed by atoms with Crippen LogP contribution in [0.15, 0.2) is 60.7 Å². The summed E-state index contributed by atoms with van der Waals surface area (Å²) in [6, 6.07) is 19.6. The molecule has 0 unspecified atom stereocenters. The van der Waals surface area contributed by atoms with E-state index in [0.717, 1.165) is 5.56 Å². The largest absolute Gasteiger partial charge is 0.496 e. The monoisotopic (exact) mass is 350 g/mol. The molecule has 0 fully saturated rings. The maximum atomic E-state index is 11.0. The first-order valence-corrected chi connectivity index (χ1v) is 8.50. The molecule has 0 heterocycles. The van der Waals surface area contributed by atoms with Gasteiger partial charge in [0.15, 0.2) is 0 Å². The molecule has 5 heteroatoms. The molecule has 26 heavy (non-hydrogen) atoms. The maximum absolute atomic E-state index is 11.0. The van der Waals surface area contributed by atoms with E-state index in [2.05, 4.69) is 48.2 Å². The first-order valence-electron chi connectivity index (χ1n) is 8.50. The van der Waals surface area contributed by atoms with Gasteiger partial charge in [-0.3, -0.25) is 15.0 Å². The summed E-state index contributed by atoms with van der Waals surface area (Å²) < 4.78 is 5.36. The van der Waals surface area contributed by atoms with Crippen LogP contribution in [0.5, 0.6) is 5.75 Å². The third-order valence-electron chi connectivity index (χ3n) is 4.84. The van der Waals surface area contributed by atoms with Gasteiger partial charge in [-0.25, -0.2) is 0 Å². The highest BCUT2D eigenvalue weighted by molar-refractivity contribution is 5.86. The Morgan fingerprint density at radius 2 is 1.85 bits per heavy atom. The van der Waals surface area contributed by atoms with Gasteiger partial charge in [0.25, 0.3) is 5.69 Å². The van der Waals surface area contributed by atoms with Crippen LogP contribution in [0.2, 0.25) is 0 Å². The Labute approximate surface area is 153 Å². The van der Waals surface area contributed by atoms with Crippen molar-refractivity contribution < 1.29 is 9.66 Å². The van der Waals surface area contributed by atoms with Gasteiger partial charge in [-0.2, -0.15) is 0 Å². The molecule has 0 aromatic heterocycles. The van der Waals surface area contributed by atoms with Crippen molar-refractivity contribution in [2.75, 3.05) is 14.2 Å². The Morgan fingerprint density at radius 1 is 1.12 bits per heavy atom. The average Bonchev–Trinajstić information content (AvgIpc) is 2.67. The second-order valence-corrected chi connectivity index (χ2v) is 6.41. The first kappa shape index (κ1) is 17.9. The van der Waals surface area contributed by atoms with Gasteiger partial charge < -0.3 is 4.74 Å². The van der Waals surface area contributed by atoms with E-state index in [1.54, 1.807) is 6.07 Å². The quantitative estimate of drug-likeness (QED) is 0.466. The molecule has 3 rings (SSSR count). The number of fused-ring (bicyclic) bond motifs is 1. The van der Waals surface area contributed by atoms with E-state index in [0.29, 0.717) is 12.3 Å². The van der Waals surface area contributed by atoms with Crippen molar-refractivity contribution in [3.63, 3.8) is 0 Å². The minimum atomic E-state index is -0.408. The molecule has 0 spiro atoms. The van der Waals surface area contributed by atoms with Crippen molar-refractivity contribution in [3.05, 3.63) is 81.9 Å². The molecular formula is C21H22N2O3. The van der Waals surface area contributed by atoms with E-state index in [1.165, 1.54) is 35.6 Å². The highest BCUT2D eigenvalue weighted by Crippen LogP contribution is 2.31. The van der Waals surface area contributed by atoms with Crippen LogP contribution in [0.4, 0.5) is 5.69 Å². The van der Waals surface area contributed by atoms with Crippen LogP contribution in [-0.4, -0.2) is 24.0 Å². The Balaban J connectivity index is 1.87. The lowest BCUT2D eigenvalue weighted by atomic mass is 9.98. The van der Waals surface area contributed by atoms with Gasteiger partial charge >= 0.3 is 0 Å². The Morgan fingerprint density at radius 3 is 2.58 bits per heavy atom. The number of hydrogen-bond acceptors (Lipinski definition) is 4. The van der Waals surface area contributed by atoms with Crippen molar-refractivity contribution in [1.82, 2.24) is 4.90 Å². The van der Waals surface area contributed by atoms with Crippen LogP contribution >= 0.6 is 0 Å². The summed E-state index contributed by atoms with van der Waals surface area (Å²) >= 11 is 0. The number of nitro benzene ring substituents is 1. The van der Waals surface area contributed by atoms with Crippen molar-refractivity contribution in [3.8, 4) is 5.75 Å². The van der Waals surface area contributed by atoms with Gasteiger partial charge in [-0.15, -0.1) is 0 Å². The minimum Gasteiger partial charge on any atom is -0.496 e. The van der Waals surface area contributed by atoms with Crippen molar-refractivity contribution >= 4 is 16.5 Å². The van der Waals surface area contributed by atoms with Crippen LogP contribution in [0.1, 0.15) is 24.1 Å². The summed E-state index contributed by atoms with van der Waals surface area (Å²) in [5.41, 5.74) is 2.22. The van der Waals surface area contributed by atoms with Crippen LogP contribution in [0.3, 0.4) is 0 Å². The van der Waals surface area contributed by atoms with E-state index in [-0.39, 0.29) is 11.7 Å². The highest BCUT2D eigenvalue weighted by Gasteiger charge is 2.18. The van der Waals surface area contributed by atoms with Gasteiger partial charge in [0.05, 0.1) is 18.1 Å². The van der Waals surface area contributed by atoms with Crippen LogP contribution in [0, 0.1) is 10.1 Å². The van der Waals surface area contributed by atoms with Gasteiger partial charge in [0.1, 0.15) is 5.75 Å². The zero-order valence-corrected chi connectivity index (χ0v) is 15.2. The molecule has 0 amide bonds. The van der Waals surface area contributed by atoms with E-state index in [9.17, 15) is 10.1 Å². The molecule has 0 bridgehead atoms. The van der Waals surface area contributed by atoms with E-state index >= 15 is 0 Å². The third-order valence-corrected chi connectivity index (χ3v) is 4.84. The Bertz CT molecular complexity index is 934. The summed E-state index contributed by atoms with van der Waals surface area (Å²) in [5.74, 6) is 0.538. The standard InChI is InChI=1S/C21H22N2O3/c1-15(19-10-6-8-16-7-4-5-9-20(16)19)22(2)14-17-11-12-18(23(24)25)13-21(17)26-3/h4-13,15H,14H2,1-3H3/t15-/m1/s1. The molecule has 1 atom stereocenters. The normalized spacial score (nSPS) is 12.3. The van der Waals surface area contributed by atoms with Gasteiger partial charge in [0.2, 0.25) is 0 Å². The second-order valence-electron chi connectivity index (χ2n) is 6.41. The van der Waals surface area contributed by atoms with Crippen molar-refractivity contribution in [1.29, 1.82) is 0 Å². The number of non-ortho nitro benzene ring substituents is 1. The minimum absolute atomic E-state index is 0.0374. The number of nitro groups is 1. The molecule has 3 aromatic rings. The fourth-order valence-corrected chi connectivity index (χ4v) is 3.24. The molecule has 0 aliphatic rings. The SMILES string of the molecule is COc1cc([N+](=O)[O-])ccc1CN(C)[C@H](C)c1cccc2ccccc12. The zero-order valence-electron chi connectivity index (χ0n) is 15.2. The molecule has 134 valence electrons. The fraction of sp³-hybridized carbons (Fsp3) is 0.238. The van der Waals surface area contributed by atoms with Gasteiger partial charge in [-0.05, 0) is 36.4 Å². The highest BCUT2D eigenvalue weighted by atomic mass is 16.6. The van der Waals surface area contributed by atoms with E-state index in [1.807, 2.05) is 13.1 Å². The molecule has 0 aliphatic carbocycles. The lowest BCUT2D eigenvalue weighted by Gasteiger charge is -2.27. The fourth-order valence-electron chi connectivity index (χ4n) is 3.24. The molecule has 0 saturated heterocycles. The molecule has 0 N–H and O–H groups in total. The second kappa shape index (κ2) is 7.54. The number of hydrogen-bond donors (Lipinski definition) is 0. The lowest BCUT2D eigenvalue weighted by Crippen LogP contribution is -2.22. The Kier molecular flexibility index (Phi) is 5.19.